The van der Waals surface area contributed by atoms with Crippen LogP contribution in [0.5, 0.6) is 5.75 Å². The highest BCUT2D eigenvalue weighted by atomic mass is 16.6. The average Bonchev–Trinajstić information content (AvgIpc) is 3.01. The van der Waals surface area contributed by atoms with E-state index in [-0.39, 0.29) is 23.4 Å². The number of para-hydroxylation sites is 1. The molecule has 27 heavy (non-hydrogen) atoms. The molecule has 0 fully saturated rings. The van der Waals surface area contributed by atoms with Crippen LogP contribution in [0, 0.1) is 17.0 Å². The summed E-state index contributed by atoms with van der Waals surface area (Å²) in [6, 6.07) is 8.54. The molecule has 0 amide bonds. The van der Waals surface area contributed by atoms with Crippen LogP contribution in [0.1, 0.15) is 28.4 Å². The minimum atomic E-state index is -1.02. The van der Waals surface area contributed by atoms with Crippen molar-refractivity contribution in [1.29, 1.82) is 0 Å². The molecule has 2 atom stereocenters. The number of benzene rings is 2. The molecule has 0 radical (unpaired) electrons. The van der Waals surface area contributed by atoms with Crippen molar-refractivity contribution in [2.24, 2.45) is 0 Å². The third kappa shape index (κ3) is 2.70. The molecule has 0 saturated carbocycles. The molecule has 0 aliphatic carbocycles. The van der Waals surface area contributed by atoms with E-state index in [9.17, 15) is 25.1 Å². The van der Waals surface area contributed by atoms with Crippen LogP contribution < -0.4 is 5.32 Å². The van der Waals surface area contributed by atoms with Gasteiger partial charge < -0.3 is 15.2 Å². The van der Waals surface area contributed by atoms with Gasteiger partial charge in [0.2, 0.25) is 0 Å². The smallest absolute Gasteiger partial charge is 0.321 e. The van der Waals surface area contributed by atoms with Crippen LogP contribution in [-0.2, 0) is 11.2 Å². The van der Waals surface area contributed by atoms with Crippen molar-refractivity contribution in [3.05, 3.63) is 68.9 Å². The summed E-state index contributed by atoms with van der Waals surface area (Å²) in [7, 11) is 0. The van der Waals surface area contributed by atoms with Gasteiger partial charge in [0.25, 0.3) is 5.69 Å². The Morgan fingerprint density at radius 3 is 2.74 bits per heavy atom. The lowest BCUT2D eigenvalue weighted by Gasteiger charge is -2.30. The maximum atomic E-state index is 11.7. The van der Waals surface area contributed by atoms with Crippen LogP contribution in [0.25, 0.3) is 10.9 Å². The zero-order valence-electron chi connectivity index (χ0n) is 14.4. The lowest BCUT2D eigenvalue weighted by atomic mass is 9.89. The number of aromatic amines is 1. The van der Waals surface area contributed by atoms with Crippen molar-refractivity contribution in [1.82, 2.24) is 10.3 Å². The van der Waals surface area contributed by atoms with E-state index in [1.807, 2.05) is 24.3 Å². The fourth-order valence-electron chi connectivity index (χ4n) is 3.75. The zero-order valence-corrected chi connectivity index (χ0v) is 14.4. The molecule has 2 heterocycles. The molecule has 8 heteroatoms. The Morgan fingerprint density at radius 2 is 2.04 bits per heavy atom. The normalized spacial score (nSPS) is 19.0. The minimum Gasteiger partial charge on any atom is -0.507 e. The molecule has 2 aromatic carbocycles. The summed E-state index contributed by atoms with van der Waals surface area (Å²) in [6.07, 6.45) is 0.278. The second kappa shape index (κ2) is 6.10. The topological polar surface area (TPSA) is 128 Å². The Labute approximate surface area is 153 Å². The minimum absolute atomic E-state index is 0.0891. The maximum absolute atomic E-state index is 11.7. The number of aryl methyl sites for hydroxylation is 1. The van der Waals surface area contributed by atoms with E-state index < -0.39 is 23.0 Å². The van der Waals surface area contributed by atoms with Gasteiger partial charge in [-0.05, 0) is 24.1 Å². The van der Waals surface area contributed by atoms with E-state index in [4.69, 9.17) is 0 Å². The first kappa shape index (κ1) is 17.0. The van der Waals surface area contributed by atoms with Crippen LogP contribution in [0.3, 0.4) is 0 Å². The number of nitro benzene ring substituents is 1. The fraction of sp³-hybridized carbons (Fsp3) is 0.211. The van der Waals surface area contributed by atoms with E-state index in [2.05, 4.69) is 10.3 Å². The Kier molecular flexibility index (Phi) is 3.85. The largest absolute Gasteiger partial charge is 0.507 e. The summed E-state index contributed by atoms with van der Waals surface area (Å²) in [5.74, 6) is -1.11. The number of carboxylic acids is 1. The fourth-order valence-corrected chi connectivity index (χ4v) is 3.75. The van der Waals surface area contributed by atoms with Crippen molar-refractivity contribution in [2.45, 2.75) is 25.4 Å². The Hall–Kier alpha value is -3.39. The van der Waals surface area contributed by atoms with E-state index in [1.165, 1.54) is 12.1 Å². The van der Waals surface area contributed by atoms with Crippen LogP contribution >= 0.6 is 0 Å². The average molecular weight is 367 g/mol. The number of phenolic OH excluding ortho intramolecular Hbond substituents is 1. The van der Waals surface area contributed by atoms with Gasteiger partial charge in [-0.2, -0.15) is 0 Å². The molecule has 0 saturated heterocycles. The quantitative estimate of drug-likeness (QED) is 0.416. The highest BCUT2D eigenvalue weighted by Crippen LogP contribution is 2.40. The molecule has 8 nitrogen and oxygen atoms in total. The van der Waals surface area contributed by atoms with Crippen molar-refractivity contribution >= 4 is 22.6 Å². The summed E-state index contributed by atoms with van der Waals surface area (Å²) < 4.78 is 0. The predicted octanol–water partition coefficient (Wildman–Crippen LogP) is 2.78. The molecule has 0 spiro atoms. The van der Waals surface area contributed by atoms with Gasteiger partial charge in [-0.1, -0.05) is 18.2 Å². The van der Waals surface area contributed by atoms with Crippen LogP contribution in [-0.4, -0.2) is 32.1 Å². The second-order valence-corrected chi connectivity index (χ2v) is 6.72. The van der Waals surface area contributed by atoms with E-state index >= 15 is 0 Å². The summed E-state index contributed by atoms with van der Waals surface area (Å²) in [5, 5.41) is 35.3. The lowest BCUT2D eigenvalue weighted by Crippen LogP contribution is -2.45. The summed E-state index contributed by atoms with van der Waals surface area (Å²) in [5.41, 5.74) is 2.88. The van der Waals surface area contributed by atoms with Crippen molar-refractivity contribution < 1.29 is 19.9 Å². The summed E-state index contributed by atoms with van der Waals surface area (Å²) in [4.78, 5) is 25.7. The first-order chi connectivity index (χ1) is 12.9. The number of nitrogens with one attached hydrogen (secondary N) is 2. The van der Waals surface area contributed by atoms with Gasteiger partial charge in [-0.3, -0.25) is 20.2 Å². The van der Waals surface area contributed by atoms with Gasteiger partial charge in [0.15, 0.2) is 0 Å². The first-order valence-corrected chi connectivity index (χ1v) is 8.43. The van der Waals surface area contributed by atoms with Gasteiger partial charge in [-0.25, -0.2) is 0 Å². The van der Waals surface area contributed by atoms with Crippen molar-refractivity contribution in [3.63, 3.8) is 0 Å². The molecule has 4 rings (SSSR count). The van der Waals surface area contributed by atoms with Crippen LogP contribution in [0.4, 0.5) is 5.69 Å². The molecule has 1 aliphatic rings. The Bertz CT molecular complexity index is 1090. The number of nitro groups is 1. The maximum Gasteiger partial charge on any atom is 0.321 e. The predicted molar refractivity (Wildman–Crippen MR) is 97.9 cm³/mol. The SMILES string of the molecule is Cc1cc([N+](=O)[O-])cc([C@H]2N[C@H](C(=O)O)Cc3c2[nH]c2ccccc32)c1O. The number of carbonyl (C=O) groups is 1. The monoisotopic (exact) mass is 367 g/mol. The third-order valence-electron chi connectivity index (χ3n) is 5.05. The van der Waals surface area contributed by atoms with Gasteiger partial charge >= 0.3 is 5.97 Å². The van der Waals surface area contributed by atoms with Crippen molar-refractivity contribution in [3.8, 4) is 5.75 Å². The van der Waals surface area contributed by atoms with Gasteiger partial charge in [0.05, 0.1) is 11.0 Å². The Balaban J connectivity index is 1.96. The zero-order chi connectivity index (χ0) is 19.3. The molecule has 3 aromatic rings. The number of rotatable bonds is 3. The summed E-state index contributed by atoms with van der Waals surface area (Å²) in [6.45, 7) is 1.58. The molecule has 1 aromatic heterocycles. The molecule has 4 N–H and O–H groups in total. The number of aromatic nitrogens is 1. The summed E-state index contributed by atoms with van der Waals surface area (Å²) >= 11 is 0. The molecular weight excluding hydrogens is 350 g/mol. The second-order valence-electron chi connectivity index (χ2n) is 6.72. The van der Waals surface area contributed by atoms with Crippen molar-refractivity contribution in [2.75, 3.05) is 0 Å². The van der Waals surface area contributed by atoms with E-state index in [0.29, 0.717) is 11.3 Å². The number of aromatic hydroxyl groups is 1. The Morgan fingerprint density at radius 1 is 1.30 bits per heavy atom. The van der Waals surface area contributed by atoms with Gasteiger partial charge in [0.1, 0.15) is 11.8 Å². The number of hydrogen-bond donors (Lipinski definition) is 4. The van der Waals surface area contributed by atoms with E-state index in [1.54, 1.807) is 6.92 Å². The first-order valence-electron chi connectivity index (χ1n) is 8.43. The van der Waals surface area contributed by atoms with Crippen LogP contribution in [0.15, 0.2) is 36.4 Å². The number of carboxylic acid groups (broad SMARTS) is 1. The number of nitrogens with zero attached hydrogens (tertiary/aromatic N) is 1. The molecule has 0 bridgehead atoms. The number of fused-ring (bicyclic) bond motifs is 3. The van der Waals surface area contributed by atoms with Gasteiger partial charge in [0, 0.05) is 40.7 Å². The third-order valence-corrected chi connectivity index (χ3v) is 5.05. The van der Waals surface area contributed by atoms with Gasteiger partial charge in [-0.15, -0.1) is 0 Å². The highest BCUT2D eigenvalue weighted by molar-refractivity contribution is 5.87. The van der Waals surface area contributed by atoms with Crippen LogP contribution in [0.2, 0.25) is 0 Å². The number of phenols is 1. The molecule has 0 unspecified atom stereocenters. The number of H-pyrrole nitrogens is 1. The number of aliphatic carboxylic acids is 1. The molecule has 1 aliphatic heterocycles. The number of hydrogen-bond acceptors (Lipinski definition) is 5. The van der Waals surface area contributed by atoms with E-state index in [0.717, 1.165) is 16.5 Å². The highest BCUT2D eigenvalue weighted by Gasteiger charge is 2.36. The standard InChI is InChI=1S/C19H17N3O5/c1-9-6-10(22(26)27)7-13(18(9)23)17-16-12(8-15(21-17)19(24)25)11-4-2-3-5-14(11)20-16/h2-7,15,17,20-21,23H,8H2,1H3,(H,24,25)/t15-,17+/m0/s1. The molecular formula is C19H17N3O5. The molecule has 138 valence electrons. The number of non-ortho nitro benzene ring substituents is 1. The lowest BCUT2D eigenvalue weighted by molar-refractivity contribution is -0.385.